The van der Waals surface area contributed by atoms with E-state index in [4.69, 9.17) is 20.8 Å². The van der Waals surface area contributed by atoms with Crippen LogP contribution >= 0.6 is 23.4 Å². The van der Waals surface area contributed by atoms with Crippen molar-refractivity contribution in [1.29, 1.82) is 0 Å². The molecule has 1 amide bonds. The predicted molar refractivity (Wildman–Crippen MR) is 120 cm³/mol. The molecule has 12 heteroatoms. The summed E-state index contributed by atoms with van der Waals surface area (Å²) in [7, 11) is -3.57. The Morgan fingerprint density at radius 3 is 2.44 bits per heavy atom. The van der Waals surface area contributed by atoms with Crippen LogP contribution in [0.4, 0.5) is 5.69 Å². The molecule has 0 unspecified atom stereocenters. The Labute approximate surface area is 194 Å². The third-order valence-corrected chi connectivity index (χ3v) is 7.55. The van der Waals surface area contributed by atoms with E-state index in [9.17, 15) is 13.2 Å². The molecule has 1 aromatic heterocycles. The summed E-state index contributed by atoms with van der Waals surface area (Å²) in [6, 6.07) is 13.0. The molecule has 1 saturated heterocycles. The first-order valence-corrected chi connectivity index (χ1v) is 12.4. The van der Waals surface area contributed by atoms with Crippen LogP contribution in [-0.4, -0.2) is 60.9 Å². The van der Waals surface area contributed by atoms with E-state index in [1.54, 1.807) is 36.4 Å². The first-order chi connectivity index (χ1) is 15.4. The Morgan fingerprint density at radius 1 is 1.06 bits per heavy atom. The lowest BCUT2D eigenvalue weighted by molar-refractivity contribution is -0.113. The van der Waals surface area contributed by atoms with Crippen molar-refractivity contribution >= 4 is 45.0 Å². The second-order valence-electron chi connectivity index (χ2n) is 6.76. The molecule has 0 atom stereocenters. The first kappa shape index (κ1) is 22.7. The normalized spacial score (nSPS) is 14.9. The van der Waals surface area contributed by atoms with Gasteiger partial charge in [0.2, 0.25) is 21.8 Å². The molecule has 32 heavy (non-hydrogen) atoms. The molecule has 0 spiro atoms. The van der Waals surface area contributed by atoms with Crippen LogP contribution in [0.15, 0.2) is 63.1 Å². The van der Waals surface area contributed by atoms with Crippen LogP contribution in [-0.2, 0) is 19.6 Å². The molecule has 1 aliphatic rings. The van der Waals surface area contributed by atoms with Gasteiger partial charge in [0.1, 0.15) is 0 Å². The molecule has 2 aromatic carbocycles. The Morgan fingerprint density at radius 2 is 1.75 bits per heavy atom. The van der Waals surface area contributed by atoms with Crippen LogP contribution < -0.4 is 5.32 Å². The van der Waals surface area contributed by atoms with Gasteiger partial charge in [0.25, 0.3) is 5.22 Å². The maximum absolute atomic E-state index is 12.7. The summed E-state index contributed by atoms with van der Waals surface area (Å²) < 4.78 is 37.6. The zero-order valence-corrected chi connectivity index (χ0v) is 19.1. The number of morpholine rings is 1. The van der Waals surface area contributed by atoms with Crippen LogP contribution in [0, 0.1) is 0 Å². The molecule has 0 aliphatic carbocycles. The molecule has 1 aliphatic heterocycles. The summed E-state index contributed by atoms with van der Waals surface area (Å²) in [4.78, 5) is 12.3. The van der Waals surface area contributed by atoms with Gasteiger partial charge in [-0.2, -0.15) is 4.31 Å². The Kier molecular flexibility index (Phi) is 7.11. The van der Waals surface area contributed by atoms with Crippen LogP contribution in [0.1, 0.15) is 0 Å². The van der Waals surface area contributed by atoms with Crippen LogP contribution in [0.25, 0.3) is 11.5 Å². The maximum atomic E-state index is 12.7. The fourth-order valence-corrected chi connectivity index (χ4v) is 5.04. The summed E-state index contributed by atoms with van der Waals surface area (Å²) >= 11 is 6.93. The monoisotopic (exact) mass is 494 g/mol. The van der Waals surface area contributed by atoms with Crippen LogP contribution in [0.5, 0.6) is 0 Å². The van der Waals surface area contributed by atoms with E-state index in [0.717, 1.165) is 11.8 Å². The van der Waals surface area contributed by atoms with Gasteiger partial charge >= 0.3 is 0 Å². The highest BCUT2D eigenvalue weighted by atomic mass is 35.5. The van der Waals surface area contributed by atoms with Gasteiger partial charge < -0.3 is 14.5 Å². The number of hydrogen-bond acceptors (Lipinski definition) is 8. The fraction of sp³-hybridized carbons (Fsp3) is 0.250. The summed E-state index contributed by atoms with van der Waals surface area (Å²) in [6.45, 7) is 1.44. The van der Waals surface area contributed by atoms with E-state index in [0.29, 0.717) is 42.6 Å². The summed E-state index contributed by atoms with van der Waals surface area (Å²) in [5, 5.41) is 11.5. The molecule has 0 bridgehead atoms. The smallest absolute Gasteiger partial charge is 0.277 e. The average molecular weight is 495 g/mol. The lowest BCUT2D eigenvalue weighted by Crippen LogP contribution is -2.40. The second-order valence-corrected chi connectivity index (χ2v) is 10.1. The number of rotatable bonds is 7. The van der Waals surface area contributed by atoms with E-state index >= 15 is 0 Å². The zero-order chi connectivity index (χ0) is 22.6. The van der Waals surface area contributed by atoms with E-state index in [1.165, 1.54) is 16.4 Å². The third kappa shape index (κ3) is 5.48. The third-order valence-electron chi connectivity index (χ3n) is 4.57. The number of sulfonamides is 1. The number of benzene rings is 2. The molecule has 0 saturated carbocycles. The number of thioether (sulfide) groups is 1. The predicted octanol–water partition coefficient (Wildman–Crippen LogP) is 3.14. The molecule has 1 fully saturated rings. The largest absolute Gasteiger partial charge is 0.411 e. The highest BCUT2D eigenvalue weighted by Gasteiger charge is 2.26. The number of carbonyl (C=O) groups is 1. The Hall–Kier alpha value is -2.44. The number of anilines is 1. The van der Waals surface area contributed by atoms with Gasteiger partial charge in [0.15, 0.2) is 0 Å². The Balaban J connectivity index is 1.35. The zero-order valence-electron chi connectivity index (χ0n) is 16.7. The highest BCUT2D eigenvalue weighted by molar-refractivity contribution is 7.99. The van der Waals surface area contributed by atoms with Crippen molar-refractivity contribution in [3.63, 3.8) is 0 Å². The van der Waals surface area contributed by atoms with Gasteiger partial charge in [-0.05, 0) is 48.5 Å². The molecule has 9 nitrogen and oxygen atoms in total. The number of ether oxygens (including phenoxy) is 1. The van der Waals surface area contributed by atoms with Crippen molar-refractivity contribution in [1.82, 2.24) is 14.5 Å². The van der Waals surface area contributed by atoms with Crippen molar-refractivity contribution in [2.45, 2.75) is 10.1 Å². The molecular weight excluding hydrogens is 476 g/mol. The minimum Gasteiger partial charge on any atom is -0.411 e. The summed E-state index contributed by atoms with van der Waals surface area (Å²) in [6.07, 6.45) is 0. The first-order valence-electron chi connectivity index (χ1n) is 9.62. The van der Waals surface area contributed by atoms with Crippen LogP contribution in [0.2, 0.25) is 5.02 Å². The summed E-state index contributed by atoms with van der Waals surface area (Å²) in [5.41, 5.74) is 1.22. The number of nitrogens with one attached hydrogen (secondary N) is 1. The highest BCUT2D eigenvalue weighted by Crippen LogP contribution is 2.25. The van der Waals surface area contributed by atoms with Crippen molar-refractivity contribution < 1.29 is 22.4 Å². The van der Waals surface area contributed by atoms with E-state index in [-0.39, 0.29) is 27.7 Å². The minimum absolute atomic E-state index is 0.0843. The molecule has 3 aromatic rings. The van der Waals surface area contributed by atoms with Gasteiger partial charge in [0.05, 0.1) is 23.9 Å². The SMILES string of the molecule is O=C(CSc1nnc(-c2ccc(S(=O)(=O)N3CCOCC3)cc2)o1)Nc1ccc(Cl)cc1. The number of amides is 1. The molecule has 1 N–H and O–H groups in total. The van der Waals surface area contributed by atoms with Crippen molar-refractivity contribution in [2.75, 3.05) is 37.4 Å². The van der Waals surface area contributed by atoms with E-state index < -0.39 is 10.0 Å². The van der Waals surface area contributed by atoms with Crippen molar-refractivity contribution in [2.24, 2.45) is 0 Å². The number of carbonyl (C=O) groups excluding carboxylic acids is 1. The molecular formula is C20H19ClN4O5S2. The van der Waals surface area contributed by atoms with Gasteiger partial charge in [-0.25, -0.2) is 8.42 Å². The lowest BCUT2D eigenvalue weighted by Gasteiger charge is -2.26. The number of halogens is 1. The van der Waals surface area contributed by atoms with E-state index in [2.05, 4.69) is 15.5 Å². The van der Waals surface area contributed by atoms with Crippen LogP contribution in [0.3, 0.4) is 0 Å². The van der Waals surface area contributed by atoms with Gasteiger partial charge in [-0.15, -0.1) is 10.2 Å². The number of aromatic nitrogens is 2. The lowest BCUT2D eigenvalue weighted by atomic mass is 10.2. The average Bonchev–Trinajstić information content (AvgIpc) is 3.29. The fourth-order valence-electron chi connectivity index (χ4n) is 2.95. The van der Waals surface area contributed by atoms with Gasteiger partial charge in [-0.1, -0.05) is 23.4 Å². The molecule has 168 valence electrons. The molecule has 2 heterocycles. The maximum Gasteiger partial charge on any atom is 0.277 e. The number of hydrogen-bond donors (Lipinski definition) is 1. The van der Waals surface area contributed by atoms with Crippen molar-refractivity contribution in [3.8, 4) is 11.5 Å². The second kappa shape index (κ2) is 10.0. The quantitative estimate of drug-likeness (QED) is 0.498. The van der Waals surface area contributed by atoms with Gasteiger partial charge in [-0.3, -0.25) is 4.79 Å². The molecule has 4 rings (SSSR count). The van der Waals surface area contributed by atoms with Crippen molar-refractivity contribution in [3.05, 3.63) is 53.6 Å². The standard InChI is InChI=1S/C20H19ClN4O5S2/c21-15-3-5-16(6-4-15)22-18(26)13-31-20-24-23-19(30-20)14-1-7-17(8-2-14)32(27,28)25-9-11-29-12-10-25/h1-8H,9-13H2,(H,22,26). The number of nitrogens with zero attached hydrogens (tertiary/aromatic N) is 3. The summed E-state index contributed by atoms with van der Waals surface area (Å²) in [5.74, 6) is 0.0942. The van der Waals surface area contributed by atoms with E-state index in [1.807, 2.05) is 0 Å². The van der Waals surface area contributed by atoms with Gasteiger partial charge in [0, 0.05) is 29.4 Å². The minimum atomic E-state index is -3.57. The topological polar surface area (TPSA) is 115 Å². The molecule has 0 radical (unpaired) electrons. The Bertz CT molecular complexity index is 1180.